The molecule has 0 saturated carbocycles. The van der Waals surface area contributed by atoms with Crippen molar-refractivity contribution in [1.82, 2.24) is 9.97 Å². The first-order valence-corrected chi connectivity index (χ1v) is 8.40. The van der Waals surface area contributed by atoms with E-state index in [1.165, 1.54) is 9.88 Å². The van der Waals surface area contributed by atoms with Gasteiger partial charge in [0.2, 0.25) is 0 Å². The first-order valence-electron chi connectivity index (χ1n) is 6.71. The summed E-state index contributed by atoms with van der Waals surface area (Å²) in [4.78, 5) is 10.5. The quantitative estimate of drug-likeness (QED) is 0.851. The van der Waals surface area contributed by atoms with Gasteiger partial charge in [-0.05, 0) is 20.3 Å². The van der Waals surface area contributed by atoms with Gasteiger partial charge in [0, 0.05) is 17.3 Å². The van der Waals surface area contributed by atoms with E-state index < -0.39 is 0 Å². The van der Waals surface area contributed by atoms with Gasteiger partial charge in [-0.15, -0.1) is 22.7 Å². The van der Waals surface area contributed by atoms with Crippen LogP contribution in [0.3, 0.4) is 0 Å². The van der Waals surface area contributed by atoms with Crippen molar-refractivity contribution in [2.45, 2.75) is 53.0 Å². The molecule has 1 N–H and O–H groups in total. The third-order valence-corrected chi connectivity index (χ3v) is 5.28. The first-order chi connectivity index (χ1) is 9.01. The molecule has 0 aromatic carbocycles. The fourth-order valence-corrected chi connectivity index (χ4v) is 3.58. The maximum atomic E-state index is 4.68. The molecule has 0 spiro atoms. The number of rotatable bonds is 5. The molecule has 3 nitrogen and oxygen atoms in total. The van der Waals surface area contributed by atoms with E-state index >= 15 is 0 Å². The Morgan fingerprint density at radius 1 is 1.26 bits per heavy atom. The Bertz CT molecular complexity index is 543. The molecule has 2 heterocycles. The van der Waals surface area contributed by atoms with Gasteiger partial charge in [0.05, 0.1) is 21.3 Å². The predicted octanol–water partition coefficient (Wildman–Crippen LogP) is 4.91. The molecule has 104 valence electrons. The molecule has 0 saturated heterocycles. The molecule has 0 aliphatic rings. The Morgan fingerprint density at radius 3 is 2.58 bits per heavy atom. The third kappa shape index (κ3) is 3.34. The molecule has 2 aromatic rings. The topological polar surface area (TPSA) is 37.8 Å². The van der Waals surface area contributed by atoms with E-state index in [2.05, 4.69) is 55.3 Å². The van der Waals surface area contributed by atoms with Crippen LogP contribution < -0.4 is 5.32 Å². The van der Waals surface area contributed by atoms with Crippen LogP contribution in [-0.4, -0.2) is 16.0 Å². The average Bonchev–Trinajstić information content (AvgIpc) is 2.95. The molecular weight excluding hydrogens is 274 g/mol. The van der Waals surface area contributed by atoms with E-state index in [-0.39, 0.29) is 0 Å². The standard InChI is InChI=1S/C14H21N3S2/c1-6-9(4)15-14-17-11(7-18-14)12-10(5)16-13(19-12)8(2)3/h7-9H,6H2,1-5H3,(H,15,17). The van der Waals surface area contributed by atoms with Crippen LogP contribution in [0.15, 0.2) is 5.38 Å². The van der Waals surface area contributed by atoms with Crippen LogP contribution >= 0.6 is 22.7 Å². The summed E-state index contributed by atoms with van der Waals surface area (Å²) in [5.41, 5.74) is 2.15. The highest BCUT2D eigenvalue weighted by Gasteiger charge is 2.15. The second kappa shape index (κ2) is 6.01. The Kier molecular flexibility index (Phi) is 4.58. The highest BCUT2D eigenvalue weighted by molar-refractivity contribution is 7.17. The summed E-state index contributed by atoms with van der Waals surface area (Å²) in [7, 11) is 0. The van der Waals surface area contributed by atoms with Crippen LogP contribution in [0, 0.1) is 6.92 Å². The molecule has 5 heteroatoms. The second-order valence-corrected chi connectivity index (χ2v) is 7.00. The summed E-state index contributed by atoms with van der Waals surface area (Å²) in [5.74, 6) is 0.480. The zero-order valence-corrected chi connectivity index (χ0v) is 13.8. The van der Waals surface area contributed by atoms with Crippen molar-refractivity contribution in [2.24, 2.45) is 0 Å². The van der Waals surface area contributed by atoms with Crippen molar-refractivity contribution in [3.63, 3.8) is 0 Å². The molecular formula is C14H21N3S2. The summed E-state index contributed by atoms with van der Waals surface area (Å²) in [6.45, 7) is 10.8. The second-order valence-electron chi connectivity index (χ2n) is 5.11. The summed E-state index contributed by atoms with van der Waals surface area (Å²) in [6.07, 6.45) is 1.10. The molecule has 0 aliphatic heterocycles. The number of anilines is 1. The first kappa shape index (κ1) is 14.5. The van der Waals surface area contributed by atoms with Crippen LogP contribution in [0.25, 0.3) is 10.6 Å². The molecule has 1 atom stereocenters. The lowest BCUT2D eigenvalue weighted by atomic mass is 10.2. The highest BCUT2D eigenvalue weighted by Crippen LogP contribution is 2.34. The molecule has 0 radical (unpaired) electrons. The zero-order valence-electron chi connectivity index (χ0n) is 12.2. The molecule has 0 fully saturated rings. The molecule has 0 bridgehead atoms. The van der Waals surface area contributed by atoms with E-state index in [1.54, 1.807) is 22.7 Å². The van der Waals surface area contributed by atoms with Gasteiger partial charge in [-0.1, -0.05) is 20.8 Å². The lowest BCUT2D eigenvalue weighted by Gasteiger charge is -2.08. The van der Waals surface area contributed by atoms with Crippen LogP contribution in [0.2, 0.25) is 0 Å². The van der Waals surface area contributed by atoms with Gasteiger partial charge in [0.15, 0.2) is 5.13 Å². The van der Waals surface area contributed by atoms with Gasteiger partial charge in [-0.3, -0.25) is 0 Å². The van der Waals surface area contributed by atoms with Gasteiger partial charge in [-0.25, -0.2) is 9.97 Å². The Balaban J connectivity index is 2.22. The minimum absolute atomic E-state index is 0.466. The number of hydrogen-bond donors (Lipinski definition) is 1. The average molecular weight is 295 g/mol. The Labute approximate surface area is 123 Å². The van der Waals surface area contributed by atoms with Crippen molar-refractivity contribution >= 4 is 27.8 Å². The third-order valence-electron chi connectivity index (χ3n) is 3.03. The molecule has 19 heavy (non-hydrogen) atoms. The minimum Gasteiger partial charge on any atom is -0.359 e. The van der Waals surface area contributed by atoms with E-state index in [1.807, 2.05) is 0 Å². The summed E-state index contributed by atoms with van der Waals surface area (Å²) >= 11 is 3.44. The molecule has 2 rings (SSSR count). The van der Waals surface area contributed by atoms with E-state index in [0.717, 1.165) is 22.9 Å². The van der Waals surface area contributed by atoms with Crippen LogP contribution in [0.4, 0.5) is 5.13 Å². The maximum absolute atomic E-state index is 4.68. The minimum atomic E-state index is 0.466. The van der Waals surface area contributed by atoms with Gasteiger partial charge in [0.25, 0.3) is 0 Å². The van der Waals surface area contributed by atoms with Crippen LogP contribution in [0.5, 0.6) is 0 Å². The monoisotopic (exact) mass is 295 g/mol. The van der Waals surface area contributed by atoms with Crippen molar-refractivity contribution in [1.29, 1.82) is 0 Å². The smallest absolute Gasteiger partial charge is 0.183 e. The lowest BCUT2D eigenvalue weighted by molar-refractivity contribution is 0.763. The van der Waals surface area contributed by atoms with Gasteiger partial charge in [0.1, 0.15) is 0 Å². The Morgan fingerprint density at radius 2 is 2.00 bits per heavy atom. The Hall–Kier alpha value is -0.940. The van der Waals surface area contributed by atoms with Crippen molar-refractivity contribution < 1.29 is 0 Å². The molecule has 2 aromatic heterocycles. The van der Waals surface area contributed by atoms with Gasteiger partial charge < -0.3 is 5.32 Å². The number of thiazole rings is 2. The number of nitrogens with one attached hydrogen (secondary N) is 1. The zero-order chi connectivity index (χ0) is 14.0. The van der Waals surface area contributed by atoms with Gasteiger partial charge >= 0.3 is 0 Å². The molecule has 0 aliphatic carbocycles. The SMILES string of the molecule is CCC(C)Nc1nc(-c2sc(C(C)C)nc2C)cs1. The normalized spacial score (nSPS) is 12.9. The number of aromatic nitrogens is 2. The molecule has 1 unspecified atom stereocenters. The van der Waals surface area contributed by atoms with Crippen molar-refractivity contribution in [2.75, 3.05) is 5.32 Å². The van der Waals surface area contributed by atoms with E-state index in [4.69, 9.17) is 0 Å². The predicted molar refractivity (Wildman–Crippen MR) is 85.4 cm³/mol. The lowest BCUT2D eigenvalue weighted by Crippen LogP contribution is -2.12. The van der Waals surface area contributed by atoms with Crippen molar-refractivity contribution in [3.8, 4) is 10.6 Å². The summed E-state index contributed by atoms with van der Waals surface area (Å²) in [5, 5.41) is 7.74. The largest absolute Gasteiger partial charge is 0.359 e. The van der Waals surface area contributed by atoms with Crippen LogP contribution in [-0.2, 0) is 0 Å². The van der Waals surface area contributed by atoms with Gasteiger partial charge in [-0.2, -0.15) is 0 Å². The number of hydrogen-bond acceptors (Lipinski definition) is 5. The van der Waals surface area contributed by atoms with E-state index in [9.17, 15) is 0 Å². The fraction of sp³-hybridized carbons (Fsp3) is 0.571. The number of nitrogens with zero attached hydrogens (tertiary/aromatic N) is 2. The summed E-state index contributed by atoms with van der Waals surface area (Å²) < 4.78 is 0. The maximum Gasteiger partial charge on any atom is 0.183 e. The highest BCUT2D eigenvalue weighted by atomic mass is 32.1. The van der Waals surface area contributed by atoms with Crippen LogP contribution in [0.1, 0.15) is 50.7 Å². The summed E-state index contributed by atoms with van der Waals surface area (Å²) in [6, 6.07) is 0.466. The molecule has 0 amide bonds. The van der Waals surface area contributed by atoms with E-state index in [0.29, 0.717) is 12.0 Å². The number of aryl methyl sites for hydroxylation is 1. The fourth-order valence-electron chi connectivity index (χ4n) is 1.66. The van der Waals surface area contributed by atoms with Crippen molar-refractivity contribution in [3.05, 3.63) is 16.1 Å².